The molecule has 8 nitrogen and oxygen atoms in total. The quantitative estimate of drug-likeness (QED) is 0.422. The van der Waals surface area contributed by atoms with Crippen LogP contribution in [0.15, 0.2) is 48.7 Å². The van der Waals surface area contributed by atoms with Crippen molar-refractivity contribution in [3.8, 4) is 16.9 Å². The summed E-state index contributed by atoms with van der Waals surface area (Å²) in [7, 11) is 6.31. The molecule has 0 amide bonds. The molecule has 3 unspecified atom stereocenters. The zero-order valence-corrected chi connectivity index (χ0v) is 21.5. The molecular formula is C27H35N7O. The normalized spacial score (nSPS) is 20.1. The van der Waals surface area contributed by atoms with Crippen LogP contribution in [-0.2, 0) is 0 Å². The summed E-state index contributed by atoms with van der Waals surface area (Å²) in [5, 5.41) is 9.04. The number of piperazine rings is 1. The van der Waals surface area contributed by atoms with E-state index in [1.165, 1.54) is 0 Å². The van der Waals surface area contributed by atoms with Gasteiger partial charge in [0.25, 0.3) is 0 Å². The maximum absolute atomic E-state index is 6.06. The lowest BCUT2D eigenvalue weighted by Gasteiger charge is -2.42. The van der Waals surface area contributed by atoms with Crippen molar-refractivity contribution in [1.82, 2.24) is 29.4 Å². The molecule has 0 spiro atoms. The Morgan fingerprint density at radius 1 is 1.00 bits per heavy atom. The largest absolute Gasteiger partial charge is 0.489 e. The van der Waals surface area contributed by atoms with Crippen molar-refractivity contribution in [2.45, 2.75) is 39.0 Å². The Labute approximate surface area is 207 Å². The summed E-state index contributed by atoms with van der Waals surface area (Å²) in [6.07, 6.45) is 1.94. The SMILES string of the molecule is CC(CN(C)C)Oc1ccc(-c2ccc3ncc4nnc(N5CC(C)N(C)C(C)C5)n4c3c2)cc1. The number of hydrogen-bond donors (Lipinski definition) is 0. The topological polar surface area (TPSA) is 62.0 Å². The summed E-state index contributed by atoms with van der Waals surface area (Å²) in [4.78, 5) is 11.5. The van der Waals surface area contributed by atoms with Gasteiger partial charge in [0.15, 0.2) is 5.65 Å². The maximum Gasteiger partial charge on any atom is 0.232 e. The van der Waals surface area contributed by atoms with Crippen molar-refractivity contribution >= 4 is 22.6 Å². The first-order chi connectivity index (χ1) is 16.8. The van der Waals surface area contributed by atoms with Crippen molar-refractivity contribution in [2.75, 3.05) is 45.7 Å². The third-order valence-corrected chi connectivity index (χ3v) is 7.00. The van der Waals surface area contributed by atoms with E-state index in [4.69, 9.17) is 4.74 Å². The predicted octanol–water partition coefficient (Wildman–Crippen LogP) is 3.80. The highest BCUT2D eigenvalue weighted by molar-refractivity contribution is 5.84. The Bertz CT molecular complexity index is 1300. The summed E-state index contributed by atoms with van der Waals surface area (Å²) < 4.78 is 8.21. The Morgan fingerprint density at radius 3 is 2.37 bits per heavy atom. The van der Waals surface area contributed by atoms with Gasteiger partial charge in [-0.15, -0.1) is 10.2 Å². The zero-order valence-electron chi connectivity index (χ0n) is 21.5. The Hall–Kier alpha value is -3.23. The van der Waals surface area contributed by atoms with Crippen LogP contribution in [0, 0.1) is 0 Å². The molecule has 8 heteroatoms. The van der Waals surface area contributed by atoms with Gasteiger partial charge in [0.2, 0.25) is 5.95 Å². The van der Waals surface area contributed by atoms with Crippen LogP contribution in [0.3, 0.4) is 0 Å². The Kier molecular flexibility index (Phi) is 6.34. The first kappa shape index (κ1) is 23.5. The molecule has 0 radical (unpaired) electrons. The van der Waals surface area contributed by atoms with Gasteiger partial charge < -0.3 is 14.5 Å². The van der Waals surface area contributed by atoms with E-state index >= 15 is 0 Å². The van der Waals surface area contributed by atoms with E-state index < -0.39 is 0 Å². The fraction of sp³-hybridized carbons (Fsp3) is 0.444. The summed E-state index contributed by atoms with van der Waals surface area (Å²) in [6, 6.07) is 15.6. The van der Waals surface area contributed by atoms with Gasteiger partial charge >= 0.3 is 0 Å². The van der Waals surface area contributed by atoms with Crippen LogP contribution in [0.25, 0.3) is 27.8 Å². The van der Waals surface area contributed by atoms with Crippen LogP contribution in [0.1, 0.15) is 20.8 Å². The molecule has 4 aromatic rings. The van der Waals surface area contributed by atoms with Crippen LogP contribution >= 0.6 is 0 Å². The molecule has 5 rings (SSSR count). The van der Waals surface area contributed by atoms with Crippen LogP contribution in [0.5, 0.6) is 5.75 Å². The van der Waals surface area contributed by atoms with E-state index in [0.717, 1.165) is 59.1 Å². The zero-order chi connectivity index (χ0) is 24.7. The van der Waals surface area contributed by atoms with Crippen molar-refractivity contribution < 1.29 is 4.74 Å². The van der Waals surface area contributed by atoms with Gasteiger partial charge in [-0.1, -0.05) is 18.2 Å². The van der Waals surface area contributed by atoms with E-state index in [1.807, 2.05) is 18.3 Å². The molecule has 2 aromatic carbocycles. The van der Waals surface area contributed by atoms with Gasteiger partial charge in [0.1, 0.15) is 11.9 Å². The van der Waals surface area contributed by atoms with Crippen LogP contribution in [-0.4, -0.2) is 88.3 Å². The molecule has 0 aliphatic carbocycles. The molecular weight excluding hydrogens is 438 g/mol. The number of nitrogens with zero attached hydrogens (tertiary/aromatic N) is 7. The van der Waals surface area contributed by atoms with E-state index in [2.05, 4.69) is 107 Å². The minimum atomic E-state index is 0.128. The molecule has 0 bridgehead atoms. The Morgan fingerprint density at radius 2 is 1.69 bits per heavy atom. The second-order valence-corrected chi connectivity index (χ2v) is 10.1. The van der Waals surface area contributed by atoms with Crippen molar-refractivity contribution in [2.24, 2.45) is 0 Å². The first-order valence-corrected chi connectivity index (χ1v) is 12.3. The third kappa shape index (κ3) is 4.68. The Balaban J connectivity index is 1.49. The lowest BCUT2D eigenvalue weighted by Crippen LogP contribution is -2.55. The molecule has 2 aromatic heterocycles. The summed E-state index contributed by atoms with van der Waals surface area (Å²) in [5.74, 6) is 1.77. The molecule has 1 fully saturated rings. The minimum Gasteiger partial charge on any atom is -0.489 e. The third-order valence-electron chi connectivity index (χ3n) is 7.00. The number of fused-ring (bicyclic) bond motifs is 3. The smallest absolute Gasteiger partial charge is 0.232 e. The predicted molar refractivity (Wildman–Crippen MR) is 141 cm³/mol. The number of anilines is 1. The van der Waals surface area contributed by atoms with Gasteiger partial charge in [-0.3, -0.25) is 14.3 Å². The van der Waals surface area contributed by atoms with Gasteiger partial charge in [-0.2, -0.15) is 0 Å². The molecule has 35 heavy (non-hydrogen) atoms. The summed E-state index contributed by atoms with van der Waals surface area (Å²) in [6.45, 7) is 9.32. The number of hydrogen-bond acceptors (Lipinski definition) is 7. The average molecular weight is 474 g/mol. The standard InChI is InChI=1S/C27H35N7O/c1-18-15-33(16-19(2)32(18)6)27-30-29-26-14-28-24-12-9-22(13-25(24)34(26)27)21-7-10-23(11-8-21)35-20(3)17-31(4)5/h7-14,18-20H,15-17H2,1-6H3. The highest BCUT2D eigenvalue weighted by atomic mass is 16.5. The molecule has 1 aliphatic rings. The summed E-state index contributed by atoms with van der Waals surface area (Å²) >= 11 is 0. The van der Waals surface area contributed by atoms with E-state index in [0.29, 0.717) is 12.1 Å². The van der Waals surface area contributed by atoms with Crippen LogP contribution in [0.4, 0.5) is 5.95 Å². The van der Waals surface area contributed by atoms with Gasteiger partial charge in [-0.25, -0.2) is 0 Å². The number of ether oxygens (including phenoxy) is 1. The van der Waals surface area contributed by atoms with E-state index in [-0.39, 0.29) is 6.10 Å². The first-order valence-electron chi connectivity index (χ1n) is 12.3. The van der Waals surface area contributed by atoms with E-state index in [9.17, 15) is 0 Å². The average Bonchev–Trinajstić information content (AvgIpc) is 3.27. The molecule has 0 N–H and O–H groups in total. The number of rotatable bonds is 6. The monoisotopic (exact) mass is 473 g/mol. The van der Waals surface area contributed by atoms with Crippen molar-refractivity contribution in [1.29, 1.82) is 0 Å². The lowest BCUT2D eigenvalue weighted by atomic mass is 10.0. The molecule has 184 valence electrons. The molecule has 3 heterocycles. The molecule has 1 saturated heterocycles. The molecule has 3 atom stereocenters. The second-order valence-electron chi connectivity index (χ2n) is 10.1. The maximum atomic E-state index is 6.06. The molecule has 0 saturated carbocycles. The second kappa shape index (κ2) is 9.43. The highest BCUT2D eigenvalue weighted by Gasteiger charge is 2.29. The fourth-order valence-corrected chi connectivity index (χ4v) is 5.00. The number of likely N-dealkylation sites (N-methyl/N-ethyl adjacent to an activating group) is 2. The number of aromatic nitrogens is 4. The van der Waals surface area contributed by atoms with Crippen LogP contribution < -0.4 is 9.64 Å². The van der Waals surface area contributed by atoms with Crippen LogP contribution in [0.2, 0.25) is 0 Å². The van der Waals surface area contributed by atoms with Gasteiger partial charge in [-0.05, 0) is 77.3 Å². The summed E-state index contributed by atoms with van der Waals surface area (Å²) in [5.41, 5.74) is 4.96. The lowest BCUT2D eigenvalue weighted by molar-refractivity contribution is 0.169. The minimum absolute atomic E-state index is 0.128. The fourth-order valence-electron chi connectivity index (χ4n) is 5.00. The molecule has 1 aliphatic heterocycles. The van der Waals surface area contributed by atoms with Crippen molar-refractivity contribution in [3.63, 3.8) is 0 Å². The highest BCUT2D eigenvalue weighted by Crippen LogP contribution is 2.29. The van der Waals surface area contributed by atoms with Gasteiger partial charge in [0.05, 0.1) is 17.2 Å². The van der Waals surface area contributed by atoms with Gasteiger partial charge in [0, 0.05) is 31.7 Å². The van der Waals surface area contributed by atoms with Crippen molar-refractivity contribution in [3.05, 3.63) is 48.7 Å². The van der Waals surface area contributed by atoms with E-state index in [1.54, 1.807) is 0 Å². The number of benzene rings is 2.